The van der Waals surface area contributed by atoms with Gasteiger partial charge >= 0.3 is 5.97 Å². The van der Waals surface area contributed by atoms with E-state index in [0.717, 1.165) is 11.3 Å². The van der Waals surface area contributed by atoms with Gasteiger partial charge in [0.25, 0.3) is 11.6 Å². The highest BCUT2D eigenvalue weighted by Crippen LogP contribution is 2.49. The van der Waals surface area contributed by atoms with Crippen LogP contribution in [0.5, 0.6) is 0 Å². The van der Waals surface area contributed by atoms with Crippen molar-refractivity contribution in [2.75, 3.05) is 26.2 Å². The summed E-state index contributed by atoms with van der Waals surface area (Å²) >= 11 is 7.53. The quantitative estimate of drug-likeness (QED) is 0.399. The molecule has 11 heteroatoms. The highest BCUT2D eigenvalue weighted by molar-refractivity contribution is 7.21. The number of hydrogen-bond acceptors (Lipinski definition) is 6. The number of allylic oxidation sites excluding steroid dienone is 2. The van der Waals surface area contributed by atoms with Crippen molar-refractivity contribution in [1.29, 1.82) is 0 Å². The SMILES string of the molecule is O=C(O)[C@@H]1[C@H](C(=O)N2CCN(C(=O)c3sc4cc([N+](=O)[O-])ccc4c3Cl)CC2)[C@@H]2C=C[C@H]1C2. The van der Waals surface area contributed by atoms with E-state index in [2.05, 4.69) is 0 Å². The normalized spacial score (nSPS) is 26.2. The average molecular weight is 490 g/mol. The van der Waals surface area contributed by atoms with E-state index < -0.39 is 22.7 Å². The molecule has 0 spiro atoms. The Kier molecular flexibility index (Phi) is 5.37. The number of halogens is 1. The number of carbonyl (C=O) groups excluding carboxylic acids is 2. The van der Waals surface area contributed by atoms with Crippen LogP contribution in [0.15, 0.2) is 30.4 Å². The van der Waals surface area contributed by atoms with Crippen molar-refractivity contribution in [2.24, 2.45) is 23.7 Å². The molecule has 2 aliphatic carbocycles. The van der Waals surface area contributed by atoms with E-state index in [9.17, 15) is 29.6 Å². The minimum Gasteiger partial charge on any atom is -0.481 e. The molecule has 2 fully saturated rings. The second-order valence-electron chi connectivity index (χ2n) is 8.64. The molecule has 2 amide bonds. The number of hydrogen-bond donors (Lipinski definition) is 1. The van der Waals surface area contributed by atoms with Gasteiger partial charge in [-0.05, 0) is 24.3 Å². The maximum atomic E-state index is 13.2. The molecule has 1 aromatic heterocycles. The van der Waals surface area contributed by atoms with Gasteiger partial charge in [0, 0.05) is 48.4 Å². The van der Waals surface area contributed by atoms with E-state index in [4.69, 9.17) is 11.6 Å². The van der Waals surface area contributed by atoms with Gasteiger partial charge in [-0.25, -0.2) is 0 Å². The number of nitrogens with zero attached hydrogens (tertiary/aromatic N) is 3. The third kappa shape index (κ3) is 3.57. The Morgan fingerprint density at radius 1 is 1.06 bits per heavy atom. The number of thiophene rings is 1. The summed E-state index contributed by atoms with van der Waals surface area (Å²) in [5, 5.41) is 21.5. The van der Waals surface area contributed by atoms with Crippen LogP contribution in [0, 0.1) is 33.8 Å². The number of nitro benzene ring substituents is 1. The van der Waals surface area contributed by atoms with Crippen LogP contribution in [-0.4, -0.2) is 63.8 Å². The molecule has 0 unspecified atom stereocenters. The number of aliphatic carboxylic acids is 1. The molecule has 1 aliphatic heterocycles. The lowest BCUT2D eigenvalue weighted by Crippen LogP contribution is -2.53. The zero-order valence-corrected chi connectivity index (χ0v) is 18.9. The zero-order valence-electron chi connectivity index (χ0n) is 17.3. The lowest BCUT2D eigenvalue weighted by Gasteiger charge is -2.37. The van der Waals surface area contributed by atoms with Crippen LogP contribution in [0.25, 0.3) is 10.1 Å². The van der Waals surface area contributed by atoms with Crippen molar-refractivity contribution in [3.8, 4) is 0 Å². The Hall–Kier alpha value is -2.98. The van der Waals surface area contributed by atoms with Gasteiger partial charge in [-0.2, -0.15) is 0 Å². The van der Waals surface area contributed by atoms with Crippen LogP contribution in [0.3, 0.4) is 0 Å². The Morgan fingerprint density at radius 2 is 1.70 bits per heavy atom. The van der Waals surface area contributed by atoms with Crippen LogP contribution in [0.4, 0.5) is 5.69 Å². The fourth-order valence-electron chi connectivity index (χ4n) is 5.28. The Labute approximate surface area is 197 Å². The summed E-state index contributed by atoms with van der Waals surface area (Å²) in [5.74, 6) is -2.72. The van der Waals surface area contributed by atoms with Gasteiger partial charge in [-0.3, -0.25) is 24.5 Å². The number of nitro groups is 1. The first-order valence-electron chi connectivity index (χ1n) is 10.6. The van der Waals surface area contributed by atoms with Gasteiger partial charge in [0.1, 0.15) is 4.88 Å². The van der Waals surface area contributed by atoms with E-state index >= 15 is 0 Å². The van der Waals surface area contributed by atoms with Gasteiger partial charge in [-0.1, -0.05) is 23.8 Å². The number of carboxylic acid groups (broad SMARTS) is 1. The van der Waals surface area contributed by atoms with Crippen LogP contribution in [0.2, 0.25) is 5.02 Å². The smallest absolute Gasteiger partial charge is 0.307 e. The molecule has 3 aliphatic rings. The first kappa shape index (κ1) is 21.8. The summed E-state index contributed by atoms with van der Waals surface area (Å²) in [7, 11) is 0. The first-order chi connectivity index (χ1) is 15.8. The van der Waals surface area contributed by atoms with Crippen molar-refractivity contribution in [2.45, 2.75) is 6.42 Å². The second kappa shape index (κ2) is 8.11. The molecule has 2 heterocycles. The topological polar surface area (TPSA) is 121 Å². The fourth-order valence-corrected chi connectivity index (χ4v) is 6.80. The van der Waals surface area contributed by atoms with Gasteiger partial charge in [0.05, 0.1) is 21.8 Å². The number of carboxylic acids is 1. The Morgan fingerprint density at radius 3 is 2.33 bits per heavy atom. The summed E-state index contributed by atoms with van der Waals surface area (Å²) in [6.07, 6.45) is 4.57. The fraction of sp³-hybridized carbons (Fsp3) is 0.409. The molecule has 1 aromatic carbocycles. The molecule has 5 rings (SSSR count). The molecule has 2 bridgehead atoms. The number of non-ortho nitro benzene ring substituents is 1. The summed E-state index contributed by atoms with van der Waals surface area (Å²) in [6.45, 7) is 1.26. The predicted molar refractivity (Wildman–Crippen MR) is 121 cm³/mol. The number of fused-ring (bicyclic) bond motifs is 3. The minimum absolute atomic E-state index is 0.0373. The maximum Gasteiger partial charge on any atom is 0.307 e. The monoisotopic (exact) mass is 489 g/mol. The van der Waals surface area contributed by atoms with Crippen molar-refractivity contribution >= 4 is 56.5 Å². The predicted octanol–water partition coefficient (Wildman–Crippen LogP) is 3.27. The number of rotatable bonds is 4. The van der Waals surface area contributed by atoms with Crippen molar-refractivity contribution < 1.29 is 24.4 Å². The van der Waals surface area contributed by atoms with Gasteiger partial charge in [0.15, 0.2) is 0 Å². The highest BCUT2D eigenvalue weighted by Gasteiger charge is 2.52. The molecule has 1 N–H and O–H groups in total. The summed E-state index contributed by atoms with van der Waals surface area (Å²) in [4.78, 5) is 52.2. The van der Waals surface area contributed by atoms with E-state index in [1.54, 1.807) is 15.9 Å². The molecule has 1 saturated carbocycles. The van der Waals surface area contributed by atoms with Gasteiger partial charge in [-0.15, -0.1) is 11.3 Å². The summed E-state index contributed by atoms with van der Waals surface area (Å²) in [6, 6.07) is 4.30. The molecule has 1 saturated heterocycles. The third-order valence-electron chi connectivity index (χ3n) is 6.93. The van der Waals surface area contributed by atoms with Crippen LogP contribution in [-0.2, 0) is 9.59 Å². The number of amides is 2. The molecular weight excluding hydrogens is 470 g/mol. The molecule has 172 valence electrons. The van der Waals surface area contributed by atoms with Gasteiger partial charge in [0.2, 0.25) is 5.91 Å². The zero-order chi connectivity index (χ0) is 23.4. The Balaban J connectivity index is 1.28. The highest BCUT2D eigenvalue weighted by atomic mass is 35.5. The number of carbonyl (C=O) groups is 3. The Bertz CT molecular complexity index is 1220. The largest absolute Gasteiger partial charge is 0.481 e. The van der Waals surface area contributed by atoms with Crippen LogP contribution >= 0.6 is 22.9 Å². The van der Waals surface area contributed by atoms with Crippen molar-refractivity contribution in [1.82, 2.24) is 9.80 Å². The number of piperazine rings is 1. The molecule has 33 heavy (non-hydrogen) atoms. The minimum atomic E-state index is -0.932. The number of benzene rings is 1. The third-order valence-corrected chi connectivity index (χ3v) is 8.57. The summed E-state index contributed by atoms with van der Waals surface area (Å²) in [5.41, 5.74) is -0.0679. The second-order valence-corrected chi connectivity index (χ2v) is 10.1. The molecule has 9 nitrogen and oxygen atoms in total. The molecular formula is C22H20ClN3O6S. The van der Waals surface area contributed by atoms with E-state index in [1.165, 1.54) is 12.1 Å². The average Bonchev–Trinajstić information content (AvgIpc) is 3.51. The first-order valence-corrected chi connectivity index (χ1v) is 11.8. The molecule has 2 aromatic rings. The van der Waals surface area contributed by atoms with E-state index in [0.29, 0.717) is 47.6 Å². The summed E-state index contributed by atoms with van der Waals surface area (Å²) < 4.78 is 0.565. The van der Waals surface area contributed by atoms with Crippen LogP contribution < -0.4 is 0 Å². The van der Waals surface area contributed by atoms with Crippen molar-refractivity contribution in [3.63, 3.8) is 0 Å². The lowest BCUT2D eigenvalue weighted by atomic mass is 9.82. The molecule has 0 radical (unpaired) electrons. The van der Waals surface area contributed by atoms with E-state index in [-0.39, 0.29) is 34.4 Å². The van der Waals surface area contributed by atoms with Crippen molar-refractivity contribution in [3.05, 3.63) is 50.4 Å². The maximum absolute atomic E-state index is 13.2. The standard InChI is InChI=1S/C22H20ClN3O6S/c23-18-14-4-3-13(26(31)32)10-15(14)33-19(18)21(28)25-7-5-24(6-8-25)20(27)16-11-1-2-12(9-11)17(16)22(29)30/h1-4,10-12,16-17H,5-9H2,(H,29,30)/t11-,12+,16-,17+/m1/s1. The molecule has 4 atom stereocenters. The van der Waals surface area contributed by atoms with E-state index in [1.807, 2.05) is 12.2 Å². The lowest BCUT2D eigenvalue weighted by molar-refractivity contribution is -0.384. The van der Waals surface area contributed by atoms with Gasteiger partial charge < -0.3 is 14.9 Å². The van der Waals surface area contributed by atoms with Crippen LogP contribution in [0.1, 0.15) is 16.1 Å².